The highest BCUT2D eigenvalue weighted by Gasteiger charge is 2.27. The lowest BCUT2D eigenvalue weighted by Gasteiger charge is -2.33. The third-order valence-electron chi connectivity index (χ3n) is 4.18. The number of halogens is 1. The van der Waals surface area contributed by atoms with Crippen LogP contribution in [0.3, 0.4) is 0 Å². The molecule has 0 aromatic carbocycles. The van der Waals surface area contributed by atoms with Gasteiger partial charge < -0.3 is 9.88 Å². The van der Waals surface area contributed by atoms with Crippen molar-refractivity contribution in [3.63, 3.8) is 0 Å². The van der Waals surface area contributed by atoms with Gasteiger partial charge in [-0.15, -0.1) is 0 Å². The Morgan fingerprint density at radius 1 is 1.39 bits per heavy atom. The molecular formula is C16H19ClN4O2. The van der Waals surface area contributed by atoms with E-state index < -0.39 is 0 Å². The molecule has 23 heavy (non-hydrogen) atoms. The number of nitrogens with one attached hydrogen (secondary N) is 1. The number of hydrogen-bond acceptors (Lipinski definition) is 3. The fourth-order valence-electron chi connectivity index (χ4n) is 3.12. The molecule has 1 amide bonds. The van der Waals surface area contributed by atoms with E-state index in [0.717, 1.165) is 24.2 Å². The topological polar surface area (TPSA) is 71.0 Å². The molecule has 0 unspecified atom stereocenters. The zero-order valence-corrected chi connectivity index (χ0v) is 13.9. The van der Waals surface area contributed by atoms with Crippen LogP contribution >= 0.6 is 11.6 Å². The molecule has 0 radical (unpaired) electrons. The van der Waals surface area contributed by atoms with Crippen LogP contribution in [-0.4, -0.2) is 38.7 Å². The van der Waals surface area contributed by atoms with Crippen molar-refractivity contribution in [3.05, 3.63) is 50.7 Å². The van der Waals surface area contributed by atoms with Gasteiger partial charge in [-0.3, -0.25) is 14.3 Å². The van der Waals surface area contributed by atoms with Crippen molar-refractivity contribution in [3.8, 4) is 0 Å². The number of carbonyl (C=O) groups excluding carboxylic acids is 1. The Balaban J connectivity index is 1.80. The lowest BCUT2D eigenvalue weighted by Crippen LogP contribution is -2.41. The summed E-state index contributed by atoms with van der Waals surface area (Å²) in [6, 6.07) is 3.65. The van der Waals surface area contributed by atoms with E-state index in [4.69, 9.17) is 11.6 Å². The Hall–Kier alpha value is -2.08. The first-order valence-electron chi connectivity index (χ1n) is 7.66. The summed E-state index contributed by atoms with van der Waals surface area (Å²) in [4.78, 5) is 28.3. The summed E-state index contributed by atoms with van der Waals surface area (Å²) in [6.45, 7) is 5.31. The molecule has 0 bridgehead atoms. The Kier molecular flexibility index (Phi) is 4.26. The quantitative estimate of drug-likeness (QED) is 0.916. The van der Waals surface area contributed by atoms with Crippen molar-refractivity contribution >= 4 is 17.5 Å². The van der Waals surface area contributed by atoms with Crippen LogP contribution in [0.25, 0.3) is 0 Å². The fraction of sp³-hybridized carbons (Fsp3) is 0.438. The van der Waals surface area contributed by atoms with E-state index in [1.165, 1.54) is 12.3 Å². The minimum Gasteiger partial charge on any atom is -0.336 e. The van der Waals surface area contributed by atoms with Gasteiger partial charge in [0.05, 0.1) is 17.3 Å². The molecule has 6 nitrogen and oxygen atoms in total. The zero-order valence-electron chi connectivity index (χ0n) is 13.2. The Bertz CT molecular complexity index is 796. The summed E-state index contributed by atoms with van der Waals surface area (Å²) in [5.41, 5.74) is 2.11. The average Bonchev–Trinajstić information content (AvgIpc) is 2.88. The Labute approximate surface area is 139 Å². The molecule has 3 rings (SSSR count). The van der Waals surface area contributed by atoms with E-state index in [9.17, 15) is 9.59 Å². The Morgan fingerprint density at radius 2 is 2.17 bits per heavy atom. The zero-order chi connectivity index (χ0) is 16.6. The Morgan fingerprint density at radius 3 is 2.83 bits per heavy atom. The average molecular weight is 335 g/mol. The molecule has 122 valence electrons. The standard InChI is InChI=1S/C16H19ClN4O2/c1-10-6-11(2)21(19-10)13-4-3-5-20(9-13)16(23)12-7-14(17)15(22)18-8-12/h6-8,13H,3-5,9H2,1-2H3,(H,18,22)/t13-/m0/s1. The van der Waals surface area contributed by atoms with E-state index >= 15 is 0 Å². The lowest BCUT2D eigenvalue weighted by molar-refractivity contribution is 0.0671. The van der Waals surface area contributed by atoms with Crippen molar-refractivity contribution in [2.45, 2.75) is 32.7 Å². The molecular weight excluding hydrogens is 316 g/mol. The van der Waals surface area contributed by atoms with E-state index in [0.29, 0.717) is 18.7 Å². The number of rotatable bonds is 2. The highest BCUT2D eigenvalue weighted by atomic mass is 35.5. The number of pyridine rings is 1. The van der Waals surface area contributed by atoms with Gasteiger partial charge in [0.25, 0.3) is 11.5 Å². The summed E-state index contributed by atoms with van der Waals surface area (Å²) >= 11 is 5.82. The third kappa shape index (κ3) is 3.17. The summed E-state index contributed by atoms with van der Waals surface area (Å²) in [7, 11) is 0. The predicted molar refractivity (Wildman–Crippen MR) is 87.9 cm³/mol. The maximum atomic E-state index is 12.6. The molecule has 1 aliphatic rings. The molecule has 1 atom stereocenters. The van der Waals surface area contributed by atoms with Crippen LogP contribution in [-0.2, 0) is 0 Å². The molecule has 3 heterocycles. The monoisotopic (exact) mass is 334 g/mol. The number of aromatic nitrogens is 3. The minimum atomic E-state index is -0.387. The van der Waals surface area contributed by atoms with Gasteiger partial charge in [-0.2, -0.15) is 5.10 Å². The van der Waals surface area contributed by atoms with Crippen LogP contribution in [0, 0.1) is 13.8 Å². The summed E-state index contributed by atoms with van der Waals surface area (Å²) < 4.78 is 2.01. The maximum Gasteiger partial charge on any atom is 0.266 e. The van der Waals surface area contributed by atoms with E-state index in [1.807, 2.05) is 24.6 Å². The molecule has 0 spiro atoms. The predicted octanol–water partition coefficient (Wildman–Crippen LogP) is 2.32. The van der Waals surface area contributed by atoms with Crippen LogP contribution in [0.5, 0.6) is 0 Å². The van der Waals surface area contributed by atoms with Crippen molar-refractivity contribution in [2.75, 3.05) is 13.1 Å². The van der Waals surface area contributed by atoms with Crippen LogP contribution in [0.4, 0.5) is 0 Å². The lowest BCUT2D eigenvalue weighted by atomic mass is 10.0. The normalized spacial score (nSPS) is 18.2. The van der Waals surface area contributed by atoms with Gasteiger partial charge in [0, 0.05) is 25.0 Å². The molecule has 2 aromatic heterocycles. The van der Waals surface area contributed by atoms with Gasteiger partial charge in [-0.05, 0) is 38.8 Å². The smallest absolute Gasteiger partial charge is 0.266 e. The van der Waals surface area contributed by atoms with Gasteiger partial charge in [-0.1, -0.05) is 11.6 Å². The first kappa shape index (κ1) is 15.8. The van der Waals surface area contributed by atoms with Gasteiger partial charge in [0.2, 0.25) is 0 Å². The van der Waals surface area contributed by atoms with Gasteiger partial charge in [-0.25, -0.2) is 0 Å². The number of amides is 1. The number of H-pyrrole nitrogens is 1. The third-order valence-corrected chi connectivity index (χ3v) is 4.46. The first-order chi connectivity index (χ1) is 11.0. The second-order valence-electron chi connectivity index (χ2n) is 5.98. The molecule has 1 saturated heterocycles. The van der Waals surface area contributed by atoms with Crippen molar-refractivity contribution in [1.82, 2.24) is 19.7 Å². The number of likely N-dealkylation sites (tertiary alicyclic amines) is 1. The number of aromatic amines is 1. The molecule has 0 aliphatic carbocycles. The van der Waals surface area contributed by atoms with Crippen LogP contribution < -0.4 is 5.56 Å². The summed E-state index contributed by atoms with van der Waals surface area (Å²) in [5.74, 6) is -0.116. The number of carbonyl (C=O) groups is 1. The largest absolute Gasteiger partial charge is 0.336 e. The van der Waals surface area contributed by atoms with Crippen molar-refractivity contribution in [2.24, 2.45) is 0 Å². The maximum absolute atomic E-state index is 12.6. The van der Waals surface area contributed by atoms with Crippen LogP contribution in [0.1, 0.15) is 40.6 Å². The second kappa shape index (κ2) is 6.20. The van der Waals surface area contributed by atoms with Gasteiger partial charge >= 0.3 is 0 Å². The number of nitrogens with zero attached hydrogens (tertiary/aromatic N) is 3. The first-order valence-corrected chi connectivity index (χ1v) is 8.04. The minimum absolute atomic E-state index is 0.0305. The number of piperidine rings is 1. The van der Waals surface area contributed by atoms with Gasteiger partial charge in [0.1, 0.15) is 5.02 Å². The van der Waals surface area contributed by atoms with Crippen molar-refractivity contribution in [1.29, 1.82) is 0 Å². The molecule has 7 heteroatoms. The molecule has 0 saturated carbocycles. The van der Waals surface area contributed by atoms with Crippen LogP contribution in [0.2, 0.25) is 5.02 Å². The molecule has 2 aromatic rings. The summed E-state index contributed by atoms with van der Waals surface area (Å²) in [6.07, 6.45) is 3.34. The SMILES string of the molecule is Cc1cc(C)n([C@H]2CCCN(C(=O)c3c[nH]c(=O)c(Cl)c3)C2)n1. The fourth-order valence-corrected chi connectivity index (χ4v) is 3.29. The molecule has 1 fully saturated rings. The van der Waals surface area contributed by atoms with E-state index in [2.05, 4.69) is 10.1 Å². The highest BCUT2D eigenvalue weighted by molar-refractivity contribution is 6.30. The summed E-state index contributed by atoms with van der Waals surface area (Å²) in [5, 5.41) is 4.57. The van der Waals surface area contributed by atoms with E-state index in [1.54, 1.807) is 4.90 Å². The van der Waals surface area contributed by atoms with Gasteiger partial charge in [0.15, 0.2) is 0 Å². The van der Waals surface area contributed by atoms with Crippen molar-refractivity contribution < 1.29 is 4.79 Å². The second-order valence-corrected chi connectivity index (χ2v) is 6.39. The molecule has 1 aliphatic heterocycles. The molecule has 1 N–H and O–H groups in total. The highest BCUT2D eigenvalue weighted by Crippen LogP contribution is 2.24. The van der Waals surface area contributed by atoms with Crippen LogP contribution in [0.15, 0.2) is 23.1 Å². The number of aryl methyl sites for hydroxylation is 2. The van der Waals surface area contributed by atoms with E-state index in [-0.39, 0.29) is 22.5 Å². The number of hydrogen-bond donors (Lipinski definition) is 1.